The summed E-state index contributed by atoms with van der Waals surface area (Å²) in [6.45, 7) is 1.59. The van der Waals surface area contributed by atoms with Crippen molar-refractivity contribution in [2.45, 2.75) is 38.3 Å². The molecule has 0 aliphatic heterocycles. The maximum Gasteiger partial charge on any atom is 0.321 e. The molecule has 4 N–H and O–H groups in total. The molecule has 0 bridgehead atoms. The highest BCUT2D eigenvalue weighted by atomic mass is 16.5. The number of rotatable bonds is 3. The van der Waals surface area contributed by atoms with Crippen molar-refractivity contribution >= 4 is 11.9 Å². The zero-order valence-corrected chi connectivity index (χ0v) is 12.3. The second kappa shape index (κ2) is 6.58. The molecule has 21 heavy (non-hydrogen) atoms. The first-order chi connectivity index (χ1) is 10.0. The maximum atomic E-state index is 11.7. The number of carbonyl (C=O) groups excluding carboxylic acids is 2. The van der Waals surface area contributed by atoms with Gasteiger partial charge in [0.2, 0.25) is 0 Å². The first-order valence-electron chi connectivity index (χ1n) is 7.09. The van der Waals surface area contributed by atoms with E-state index in [0.29, 0.717) is 5.75 Å². The summed E-state index contributed by atoms with van der Waals surface area (Å²) in [6, 6.07) is 5.19. The molecular weight excluding hydrogens is 270 g/mol. The van der Waals surface area contributed by atoms with Gasteiger partial charge in [0.05, 0.1) is 0 Å². The largest absolute Gasteiger partial charge is 0.481 e. The van der Waals surface area contributed by atoms with Crippen LogP contribution in [0.3, 0.4) is 0 Å². The molecule has 114 valence electrons. The molecule has 1 aliphatic carbocycles. The molecule has 3 amide bonds. The SMILES string of the molecule is CNC(=O)NC(=O)C(C)Oc1ccc2c(c1)[C@@H](N)CCC2. The Hall–Kier alpha value is -2.08. The van der Waals surface area contributed by atoms with Crippen molar-refractivity contribution in [3.63, 3.8) is 0 Å². The number of aryl methyl sites for hydroxylation is 1. The summed E-state index contributed by atoms with van der Waals surface area (Å²) in [6.07, 6.45) is 2.32. The third-order valence-corrected chi connectivity index (χ3v) is 3.62. The van der Waals surface area contributed by atoms with E-state index in [0.717, 1.165) is 24.8 Å². The summed E-state index contributed by atoms with van der Waals surface area (Å²) < 4.78 is 5.59. The van der Waals surface area contributed by atoms with Gasteiger partial charge >= 0.3 is 6.03 Å². The number of fused-ring (bicyclic) bond motifs is 1. The second-order valence-corrected chi connectivity index (χ2v) is 5.19. The van der Waals surface area contributed by atoms with E-state index in [1.165, 1.54) is 12.6 Å². The van der Waals surface area contributed by atoms with Crippen molar-refractivity contribution in [1.29, 1.82) is 0 Å². The Kier molecular flexibility index (Phi) is 4.80. The number of carbonyl (C=O) groups is 2. The van der Waals surface area contributed by atoms with Crippen molar-refractivity contribution in [2.24, 2.45) is 5.73 Å². The zero-order valence-electron chi connectivity index (χ0n) is 12.3. The summed E-state index contributed by atoms with van der Waals surface area (Å²) in [4.78, 5) is 22.8. The summed E-state index contributed by atoms with van der Waals surface area (Å²) in [7, 11) is 1.44. The minimum Gasteiger partial charge on any atom is -0.481 e. The standard InChI is InChI=1S/C15H21N3O3/c1-9(14(19)18-15(20)17-2)21-11-7-6-10-4-3-5-13(16)12(10)8-11/h6-9,13H,3-5,16H2,1-2H3,(H2,17,18,19,20)/t9?,13-/m0/s1. The van der Waals surface area contributed by atoms with Crippen molar-refractivity contribution < 1.29 is 14.3 Å². The lowest BCUT2D eigenvalue weighted by Gasteiger charge is -2.23. The summed E-state index contributed by atoms with van der Waals surface area (Å²) in [5.74, 6) is 0.0991. The van der Waals surface area contributed by atoms with E-state index in [1.807, 2.05) is 18.2 Å². The van der Waals surface area contributed by atoms with Gasteiger partial charge in [0, 0.05) is 13.1 Å². The number of amides is 3. The van der Waals surface area contributed by atoms with Crippen LogP contribution in [0.2, 0.25) is 0 Å². The average molecular weight is 291 g/mol. The van der Waals surface area contributed by atoms with Crippen LogP contribution in [0.1, 0.15) is 36.9 Å². The highest BCUT2D eigenvalue weighted by Crippen LogP contribution is 2.31. The topological polar surface area (TPSA) is 93.5 Å². The van der Waals surface area contributed by atoms with Crippen LogP contribution in [0.25, 0.3) is 0 Å². The maximum absolute atomic E-state index is 11.7. The Morgan fingerprint density at radius 1 is 1.43 bits per heavy atom. The summed E-state index contributed by atoms with van der Waals surface area (Å²) in [5.41, 5.74) is 8.42. The number of ether oxygens (including phenoxy) is 1. The number of urea groups is 1. The number of hydrogen-bond donors (Lipinski definition) is 3. The molecule has 6 nitrogen and oxygen atoms in total. The average Bonchev–Trinajstić information content (AvgIpc) is 2.47. The predicted molar refractivity (Wildman–Crippen MR) is 79.0 cm³/mol. The Balaban J connectivity index is 2.04. The second-order valence-electron chi connectivity index (χ2n) is 5.19. The van der Waals surface area contributed by atoms with E-state index >= 15 is 0 Å². The van der Waals surface area contributed by atoms with Gasteiger partial charge in [0.15, 0.2) is 6.10 Å². The van der Waals surface area contributed by atoms with Gasteiger partial charge in [-0.1, -0.05) is 6.07 Å². The van der Waals surface area contributed by atoms with Crippen LogP contribution < -0.4 is 21.1 Å². The van der Waals surface area contributed by atoms with E-state index in [9.17, 15) is 9.59 Å². The van der Waals surface area contributed by atoms with Crippen LogP contribution in [0.15, 0.2) is 18.2 Å². The van der Waals surface area contributed by atoms with Gasteiger partial charge in [-0.15, -0.1) is 0 Å². The monoisotopic (exact) mass is 291 g/mol. The molecule has 1 unspecified atom stereocenters. The number of hydrogen-bond acceptors (Lipinski definition) is 4. The van der Waals surface area contributed by atoms with Crippen molar-refractivity contribution in [1.82, 2.24) is 10.6 Å². The van der Waals surface area contributed by atoms with E-state index in [2.05, 4.69) is 10.6 Å². The first-order valence-corrected chi connectivity index (χ1v) is 7.09. The normalized spacial score (nSPS) is 18.3. The molecule has 1 aromatic rings. The van der Waals surface area contributed by atoms with Gasteiger partial charge in [-0.25, -0.2) is 4.79 Å². The van der Waals surface area contributed by atoms with Gasteiger partial charge in [-0.3, -0.25) is 10.1 Å². The lowest BCUT2D eigenvalue weighted by molar-refractivity contribution is -0.126. The van der Waals surface area contributed by atoms with E-state index in [4.69, 9.17) is 10.5 Å². The third-order valence-electron chi connectivity index (χ3n) is 3.62. The fraction of sp³-hybridized carbons (Fsp3) is 0.467. The minimum absolute atomic E-state index is 0.0206. The van der Waals surface area contributed by atoms with Gasteiger partial charge in [0.25, 0.3) is 5.91 Å². The van der Waals surface area contributed by atoms with E-state index < -0.39 is 18.0 Å². The third kappa shape index (κ3) is 3.72. The molecule has 1 aromatic carbocycles. The lowest BCUT2D eigenvalue weighted by atomic mass is 9.88. The Bertz CT molecular complexity index is 545. The molecule has 1 aliphatic rings. The Morgan fingerprint density at radius 3 is 2.90 bits per heavy atom. The molecule has 0 radical (unpaired) electrons. The quantitative estimate of drug-likeness (QED) is 0.781. The Labute approximate surface area is 124 Å². The first kappa shape index (κ1) is 15.3. The van der Waals surface area contributed by atoms with Crippen molar-refractivity contribution in [3.05, 3.63) is 29.3 Å². The number of nitrogens with two attached hydrogens (primary N) is 1. The van der Waals surface area contributed by atoms with Crippen LogP contribution in [-0.2, 0) is 11.2 Å². The minimum atomic E-state index is -0.764. The van der Waals surface area contributed by atoms with Gasteiger partial charge < -0.3 is 15.8 Å². The van der Waals surface area contributed by atoms with Gasteiger partial charge in [-0.2, -0.15) is 0 Å². The molecule has 0 spiro atoms. The summed E-state index contributed by atoms with van der Waals surface area (Å²) in [5, 5.41) is 4.50. The Morgan fingerprint density at radius 2 is 2.19 bits per heavy atom. The molecule has 0 saturated carbocycles. The van der Waals surface area contributed by atoms with Crippen LogP contribution in [0.5, 0.6) is 5.75 Å². The number of nitrogens with one attached hydrogen (secondary N) is 2. The number of imide groups is 1. The smallest absolute Gasteiger partial charge is 0.321 e. The zero-order chi connectivity index (χ0) is 15.4. The van der Waals surface area contributed by atoms with Crippen LogP contribution in [-0.4, -0.2) is 25.1 Å². The predicted octanol–water partition coefficient (Wildman–Crippen LogP) is 1.25. The summed E-state index contributed by atoms with van der Waals surface area (Å²) >= 11 is 0. The van der Waals surface area contributed by atoms with Crippen molar-refractivity contribution in [2.75, 3.05) is 7.05 Å². The van der Waals surface area contributed by atoms with E-state index in [1.54, 1.807) is 6.92 Å². The molecule has 2 rings (SSSR count). The highest BCUT2D eigenvalue weighted by molar-refractivity contribution is 5.96. The molecule has 0 heterocycles. The fourth-order valence-corrected chi connectivity index (χ4v) is 2.42. The van der Waals surface area contributed by atoms with Crippen LogP contribution in [0, 0.1) is 0 Å². The van der Waals surface area contributed by atoms with Crippen LogP contribution >= 0.6 is 0 Å². The molecule has 0 saturated heterocycles. The molecule has 6 heteroatoms. The highest BCUT2D eigenvalue weighted by Gasteiger charge is 2.20. The van der Waals surface area contributed by atoms with Gasteiger partial charge in [-0.05, 0) is 49.4 Å². The van der Waals surface area contributed by atoms with Crippen molar-refractivity contribution in [3.8, 4) is 5.75 Å². The molecular formula is C15H21N3O3. The lowest BCUT2D eigenvalue weighted by Crippen LogP contribution is -2.43. The van der Waals surface area contributed by atoms with E-state index in [-0.39, 0.29) is 6.04 Å². The molecule has 0 aromatic heterocycles. The molecule has 2 atom stereocenters. The molecule has 0 fully saturated rings. The number of benzene rings is 1. The fourth-order valence-electron chi connectivity index (χ4n) is 2.42. The van der Waals surface area contributed by atoms with Crippen LogP contribution in [0.4, 0.5) is 4.79 Å². The van der Waals surface area contributed by atoms with Gasteiger partial charge in [0.1, 0.15) is 5.75 Å².